The van der Waals surface area contributed by atoms with E-state index in [1.54, 1.807) is 19.2 Å². The van der Waals surface area contributed by atoms with Gasteiger partial charge in [-0.25, -0.2) is 0 Å². The quantitative estimate of drug-likeness (QED) is 0.719. The second kappa shape index (κ2) is 9.04. The molecule has 0 aliphatic heterocycles. The zero-order valence-electron chi connectivity index (χ0n) is 10.1. The van der Waals surface area contributed by atoms with E-state index in [-0.39, 0.29) is 18.3 Å². The number of ether oxygens (including phenoxy) is 1. The molecule has 1 aromatic rings. The lowest BCUT2D eigenvalue weighted by Crippen LogP contribution is -2.32. The molecule has 0 radical (unpaired) electrons. The van der Waals surface area contributed by atoms with E-state index in [2.05, 4.69) is 10.6 Å². The zero-order valence-corrected chi connectivity index (χ0v) is 10.9. The summed E-state index contributed by atoms with van der Waals surface area (Å²) in [5, 5.41) is 5.88. The van der Waals surface area contributed by atoms with Gasteiger partial charge < -0.3 is 19.8 Å². The number of hydrogen-bond acceptors (Lipinski definition) is 4. The minimum Gasteiger partial charge on any atom is -0.456 e. The Balaban J connectivity index is 0.00000256. The highest BCUT2D eigenvalue weighted by Gasteiger charge is 2.08. The lowest BCUT2D eigenvalue weighted by molar-refractivity contribution is 0.0924. The Labute approximate surface area is 107 Å². The fraction of sp³-hybridized carbons (Fsp3) is 0.545. The molecule has 5 nitrogen and oxygen atoms in total. The van der Waals surface area contributed by atoms with Crippen molar-refractivity contribution in [2.24, 2.45) is 0 Å². The maximum absolute atomic E-state index is 11.5. The molecule has 0 spiro atoms. The summed E-state index contributed by atoms with van der Waals surface area (Å²) < 4.78 is 10.1. The number of halogens is 1. The van der Waals surface area contributed by atoms with Crippen molar-refractivity contribution in [2.45, 2.75) is 6.92 Å². The fourth-order valence-corrected chi connectivity index (χ4v) is 1.21. The van der Waals surface area contributed by atoms with E-state index >= 15 is 0 Å². The summed E-state index contributed by atoms with van der Waals surface area (Å²) in [6.45, 7) is 4.55. The highest BCUT2D eigenvalue weighted by Crippen LogP contribution is 2.05. The first kappa shape index (κ1) is 16.0. The van der Waals surface area contributed by atoms with Crippen LogP contribution in [-0.2, 0) is 4.74 Å². The van der Waals surface area contributed by atoms with Gasteiger partial charge in [0, 0.05) is 26.7 Å². The molecule has 6 heteroatoms. The van der Waals surface area contributed by atoms with Gasteiger partial charge in [0.1, 0.15) is 5.76 Å². The molecule has 1 heterocycles. The van der Waals surface area contributed by atoms with Crippen molar-refractivity contribution >= 4 is 18.3 Å². The first-order valence-electron chi connectivity index (χ1n) is 5.28. The van der Waals surface area contributed by atoms with Gasteiger partial charge in [0.25, 0.3) is 5.91 Å². The van der Waals surface area contributed by atoms with E-state index in [0.29, 0.717) is 18.9 Å². The SMILES string of the molecule is COCCNCCNC(=O)c1ccc(C)o1.Cl. The first-order chi connectivity index (χ1) is 7.74. The number of hydrogen-bond donors (Lipinski definition) is 2. The van der Waals surface area contributed by atoms with Crippen LogP contribution in [0.3, 0.4) is 0 Å². The molecule has 17 heavy (non-hydrogen) atoms. The summed E-state index contributed by atoms with van der Waals surface area (Å²) in [6, 6.07) is 3.44. The molecule has 98 valence electrons. The van der Waals surface area contributed by atoms with Crippen LogP contribution < -0.4 is 10.6 Å². The minimum atomic E-state index is -0.179. The Morgan fingerprint density at radius 2 is 2.12 bits per heavy atom. The van der Waals surface area contributed by atoms with Crippen molar-refractivity contribution in [1.82, 2.24) is 10.6 Å². The summed E-state index contributed by atoms with van der Waals surface area (Å²) in [4.78, 5) is 11.5. The molecular weight excluding hydrogens is 244 g/mol. The molecule has 0 atom stereocenters. The van der Waals surface area contributed by atoms with E-state index < -0.39 is 0 Å². The highest BCUT2D eigenvalue weighted by atomic mass is 35.5. The normalized spacial score (nSPS) is 9.76. The Hall–Kier alpha value is -1.04. The molecule has 0 bridgehead atoms. The van der Waals surface area contributed by atoms with Gasteiger partial charge in [-0.15, -0.1) is 12.4 Å². The van der Waals surface area contributed by atoms with E-state index in [9.17, 15) is 4.79 Å². The third-order valence-electron chi connectivity index (χ3n) is 2.03. The van der Waals surface area contributed by atoms with Crippen LogP contribution in [0.15, 0.2) is 16.5 Å². The molecular formula is C11H19ClN2O3. The van der Waals surface area contributed by atoms with Gasteiger partial charge in [-0.2, -0.15) is 0 Å². The van der Waals surface area contributed by atoms with Crippen LogP contribution in [0.2, 0.25) is 0 Å². The molecule has 0 saturated carbocycles. The lowest BCUT2D eigenvalue weighted by atomic mass is 10.4. The predicted molar refractivity (Wildman–Crippen MR) is 67.8 cm³/mol. The summed E-state index contributed by atoms with van der Waals surface area (Å²) in [7, 11) is 1.66. The van der Waals surface area contributed by atoms with Gasteiger partial charge in [-0.3, -0.25) is 4.79 Å². The number of aryl methyl sites for hydroxylation is 1. The standard InChI is InChI=1S/C11H18N2O3.ClH/c1-9-3-4-10(16-9)11(14)13-6-5-12-7-8-15-2;/h3-4,12H,5-8H2,1-2H3,(H,13,14);1H. The second-order valence-corrected chi connectivity index (χ2v) is 3.41. The van der Waals surface area contributed by atoms with E-state index in [1.165, 1.54) is 0 Å². The van der Waals surface area contributed by atoms with Crippen LogP contribution in [0.1, 0.15) is 16.3 Å². The molecule has 0 fully saturated rings. The summed E-state index contributed by atoms with van der Waals surface area (Å²) in [6.07, 6.45) is 0. The Kier molecular flexibility index (Phi) is 8.49. The summed E-state index contributed by atoms with van der Waals surface area (Å²) >= 11 is 0. The summed E-state index contributed by atoms with van der Waals surface area (Å²) in [5.41, 5.74) is 0. The summed E-state index contributed by atoms with van der Waals surface area (Å²) in [5.74, 6) is 0.916. The number of rotatable bonds is 7. The molecule has 0 unspecified atom stereocenters. The molecule has 1 amide bonds. The number of nitrogens with one attached hydrogen (secondary N) is 2. The number of carbonyl (C=O) groups is 1. The van der Waals surface area contributed by atoms with Crippen LogP contribution in [0.5, 0.6) is 0 Å². The molecule has 0 aliphatic rings. The lowest BCUT2D eigenvalue weighted by Gasteiger charge is -2.04. The number of furan rings is 1. The average Bonchev–Trinajstić information content (AvgIpc) is 2.70. The van der Waals surface area contributed by atoms with Gasteiger partial charge in [0.15, 0.2) is 5.76 Å². The Bertz CT molecular complexity index is 328. The molecule has 0 aromatic carbocycles. The van der Waals surface area contributed by atoms with Crippen molar-refractivity contribution in [1.29, 1.82) is 0 Å². The molecule has 1 aromatic heterocycles. The molecule has 0 saturated heterocycles. The van der Waals surface area contributed by atoms with Crippen LogP contribution >= 0.6 is 12.4 Å². The molecule has 2 N–H and O–H groups in total. The monoisotopic (exact) mass is 262 g/mol. The van der Waals surface area contributed by atoms with E-state index in [1.807, 2.05) is 6.92 Å². The van der Waals surface area contributed by atoms with Crippen LogP contribution in [0, 0.1) is 6.92 Å². The second-order valence-electron chi connectivity index (χ2n) is 3.41. The maximum atomic E-state index is 11.5. The number of carbonyl (C=O) groups excluding carboxylic acids is 1. The highest BCUT2D eigenvalue weighted by molar-refractivity contribution is 5.91. The van der Waals surface area contributed by atoms with E-state index in [4.69, 9.17) is 9.15 Å². The van der Waals surface area contributed by atoms with Crippen molar-refractivity contribution in [3.05, 3.63) is 23.7 Å². The molecule has 0 aliphatic carbocycles. The topological polar surface area (TPSA) is 63.5 Å². The van der Waals surface area contributed by atoms with Gasteiger partial charge in [0.05, 0.1) is 6.61 Å². The third kappa shape index (κ3) is 6.31. The largest absolute Gasteiger partial charge is 0.456 e. The van der Waals surface area contributed by atoms with Crippen molar-refractivity contribution < 1.29 is 13.9 Å². The fourth-order valence-electron chi connectivity index (χ4n) is 1.21. The van der Waals surface area contributed by atoms with Crippen molar-refractivity contribution in [2.75, 3.05) is 33.4 Å². The number of amides is 1. The Morgan fingerprint density at radius 3 is 2.71 bits per heavy atom. The van der Waals surface area contributed by atoms with Crippen LogP contribution in [0.25, 0.3) is 0 Å². The van der Waals surface area contributed by atoms with E-state index in [0.717, 1.165) is 18.8 Å². The third-order valence-corrected chi connectivity index (χ3v) is 2.03. The zero-order chi connectivity index (χ0) is 11.8. The predicted octanol–water partition coefficient (Wildman–Crippen LogP) is 0.976. The van der Waals surface area contributed by atoms with Gasteiger partial charge in [-0.1, -0.05) is 0 Å². The average molecular weight is 263 g/mol. The number of methoxy groups -OCH3 is 1. The maximum Gasteiger partial charge on any atom is 0.287 e. The van der Waals surface area contributed by atoms with Gasteiger partial charge in [0.2, 0.25) is 0 Å². The first-order valence-corrected chi connectivity index (χ1v) is 5.28. The van der Waals surface area contributed by atoms with Crippen molar-refractivity contribution in [3.63, 3.8) is 0 Å². The smallest absolute Gasteiger partial charge is 0.287 e. The van der Waals surface area contributed by atoms with Crippen molar-refractivity contribution in [3.8, 4) is 0 Å². The minimum absolute atomic E-state index is 0. The van der Waals surface area contributed by atoms with Gasteiger partial charge in [-0.05, 0) is 19.1 Å². The van der Waals surface area contributed by atoms with Gasteiger partial charge >= 0.3 is 0 Å². The van der Waals surface area contributed by atoms with Crippen LogP contribution in [0.4, 0.5) is 0 Å². The Morgan fingerprint density at radius 1 is 1.35 bits per heavy atom. The van der Waals surface area contributed by atoms with Crippen LogP contribution in [-0.4, -0.2) is 39.3 Å². The molecule has 1 rings (SSSR count).